The average molecular weight is 379 g/mol. The third-order valence-electron chi connectivity index (χ3n) is 4.03. The van der Waals surface area contributed by atoms with Gasteiger partial charge in [0.15, 0.2) is 11.2 Å². The molecule has 0 N–H and O–H groups in total. The predicted molar refractivity (Wildman–Crippen MR) is 94.8 cm³/mol. The molecule has 1 aromatic carbocycles. The standard InChI is InChI=1S/C16H12Cl2N4O3/c1-8-6-21-12-13(19-15(21)25-8)20(2)16(24)22(14(12)23)7-9-3-4-10(17)11(18)5-9/h3-6H,7H2,1-2H3. The van der Waals surface area contributed by atoms with E-state index in [-0.39, 0.29) is 23.6 Å². The molecule has 0 unspecified atom stereocenters. The highest BCUT2D eigenvalue weighted by atomic mass is 35.5. The van der Waals surface area contributed by atoms with Crippen LogP contribution in [0.3, 0.4) is 0 Å². The Morgan fingerprint density at radius 2 is 1.96 bits per heavy atom. The van der Waals surface area contributed by atoms with E-state index in [9.17, 15) is 9.59 Å². The average Bonchev–Trinajstić information content (AvgIpc) is 3.08. The smallest absolute Gasteiger partial charge is 0.332 e. The van der Waals surface area contributed by atoms with Crippen molar-refractivity contribution in [2.75, 3.05) is 0 Å². The number of rotatable bonds is 2. The highest BCUT2D eigenvalue weighted by Gasteiger charge is 2.19. The van der Waals surface area contributed by atoms with E-state index in [0.29, 0.717) is 21.4 Å². The van der Waals surface area contributed by atoms with E-state index >= 15 is 0 Å². The van der Waals surface area contributed by atoms with Gasteiger partial charge in [-0.2, -0.15) is 4.98 Å². The third kappa shape index (κ3) is 2.39. The summed E-state index contributed by atoms with van der Waals surface area (Å²) < 4.78 is 9.46. The largest absolute Gasteiger partial charge is 0.428 e. The van der Waals surface area contributed by atoms with Crippen molar-refractivity contribution in [2.45, 2.75) is 13.5 Å². The van der Waals surface area contributed by atoms with Gasteiger partial charge in [-0.3, -0.25) is 18.3 Å². The van der Waals surface area contributed by atoms with Crippen molar-refractivity contribution in [3.63, 3.8) is 0 Å². The fourth-order valence-electron chi connectivity index (χ4n) is 2.82. The Morgan fingerprint density at radius 3 is 2.68 bits per heavy atom. The lowest BCUT2D eigenvalue weighted by Gasteiger charge is -2.09. The maximum absolute atomic E-state index is 12.9. The van der Waals surface area contributed by atoms with E-state index in [1.54, 1.807) is 42.8 Å². The summed E-state index contributed by atoms with van der Waals surface area (Å²) in [6, 6.07) is 4.98. The molecule has 3 aromatic heterocycles. The molecule has 4 rings (SSSR count). The number of aryl methyl sites for hydroxylation is 2. The molecule has 0 spiro atoms. The van der Waals surface area contributed by atoms with Crippen LogP contribution in [0.15, 0.2) is 38.4 Å². The summed E-state index contributed by atoms with van der Waals surface area (Å²) in [5.41, 5.74) is 0.337. The number of nitrogens with zero attached hydrogens (tertiary/aromatic N) is 4. The van der Waals surface area contributed by atoms with E-state index < -0.39 is 11.2 Å². The van der Waals surface area contributed by atoms with Crippen LogP contribution in [0.2, 0.25) is 10.0 Å². The van der Waals surface area contributed by atoms with Crippen LogP contribution in [-0.4, -0.2) is 18.5 Å². The molecule has 0 aliphatic heterocycles. The minimum absolute atomic E-state index is 0.0718. The molecule has 0 aliphatic rings. The van der Waals surface area contributed by atoms with Crippen LogP contribution in [0.25, 0.3) is 17.0 Å². The maximum Gasteiger partial charge on any atom is 0.332 e. The van der Waals surface area contributed by atoms with Gasteiger partial charge >= 0.3 is 11.5 Å². The van der Waals surface area contributed by atoms with Crippen molar-refractivity contribution in [2.24, 2.45) is 7.05 Å². The minimum Gasteiger partial charge on any atom is -0.428 e. The molecule has 25 heavy (non-hydrogen) atoms. The summed E-state index contributed by atoms with van der Waals surface area (Å²) in [4.78, 5) is 29.8. The van der Waals surface area contributed by atoms with Crippen molar-refractivity contribution in [3.05, 3.63) is 66.6 Å². The van der Waals surface area contributed by atoms with Crippen molar-refractivity contribution in [3.8, 4) is 0 Å². The number of aromatic nitrogens is 4. The lowest BCUT2D eigenvalue weighted by atomic mass is 10.2. The van der Waals surface area contributed by atoms with Gasteiger partial charge in [0.25, 0.3) is 5.56 Å². The van der Waals surface area contributed by atoms with Crippen LogP contribution in [0.4, 0.5) is 0 Å². The SMILES string of the molecule is Cc1cn2c(nc3c2c(=O)n(Cc2ccc(Cl)c(Cl)c2)c(=O)n3C)o1. The number of fused-ring (bicyclic) bond motifs is 3. The Morgan fingerprint density at radius 1 is 1.20 bits per heavy atom. The molecule has 4 aromatic rings. The van der Waals surface area contributed by atoms with Crippen LogP contribution in [0, 0.1) is 6.92 Å². The molecule has 0 saturated heterocycles. The van der Waals surface area contributed by atoms with Crippen LogP contribution < -0.4 is 11.2 Å². The second-order valence-corrected chi connectivity index (χ2v) is 6.57. The first-order chi connectivity index (χ1) is 11.9. The third-order valence-corrected chi connectivity index (χ3v) is 4.77. The normalized spacial score (nSPS) is 11.7. The van der Waals surface area contributed by atoms with Gasteiger partial charge in [-0.05, 0) is 24.6 Å². The number of hydrogen-bond acceptors (Lipinski definition) is 4. The van der Waals surface area contributed by atoms with Gasteiger partial charge < -0.3 is 4.42 Å². The Kier molecular flexibility index (Phi) is 3.52. The molecule has 7 nitrogen and oxygen atoms in total. The molecular weight excluding hydrogens is 367 g/mol. The van der Waals surface area contributed by atoms with Gasteiger partial charge in [-0.25, -0.2) is 4.79 Å². The zero-order valence-electron chi connectivity index (χ0n) is 13.3. The van der Waals surface area contributed by atoms with Crippen LogP contribution >= 0.6 is 23.2 Å². The van der Waals surface area contributed by atoms with Gasteiger partial charge in [0.2, 0.25) is 0 Å². The Balaban J connectivity index is 1.99. The van der Waals surface area contributed by atoms with Crippen LogP contribution in [-0.2, 0) is 13.6 Å². The summed E-state index contributed by atoms with van der Waals surface area (Å²) in [7, 11) is 1.56. The zero-order chi connectivity index (χ0) is 17.9. The molecule has 0 aliphatic carbocycles. The minimum atomic E-state index is -0.471. The summed E-state index contributed by atoms with van der Waals surface area (Å²) >= 11 is 11.9. The molecule has 0 atom stereocenters. The maximum atomic E-state index is 12.9. The van der Waals surface area contributed by atoms with Gasteiger partial charge in [0, 0.05) is 7.05 Å². The Bertz CT molecular complexity index is 1260. The molecular formula is C16H12Cl2N4O3. The summed E-state index contributed by atoms with van der Waals surface area (Å²) in [6.07, 6.45) is 1.67. The Hall–Kier alpha value is -2.51. The number of benzene rings is 1. The lowest BCUT2D eigenvalue weighted by molar-refractivity contribution is 0.563. The fourth-order valence-corrected chi connectivity index (χ4v) is 3.14. The quantitative estimate of drug-likeness (QED) is 0.537. The molecule has 9 heteroatoms. The number of halogens is 2. The van der Waals surface area contributed by atoms with Crippen molar-refractivity contribution < 1.29 is 4.42 Å². The first-order valence-corrected chi connectivity index (χ1v) is 8.14. The van der Waals surface area contributed by atoms with Crippen molar-refractivity contribution in [1.29, 1.82) is 0 Å². The second-order valence-electron chi connectivity index (χ2n) is 5.76. The van der Waals surface area contributed by atoms with Crippen LogP contribution in [0.5, 0.6) is 0 Å². The molecule has 3 heterocycles. The highest BCUT2D eigenvalue weighted by Crippen LogP contribution is 2.23. The number of hydrogen-bond donors (Lipinski definition) is 0. The lowest BCUT2D eigenvalue weighted by Crippen LogP contribution is -2.39. The van der Waals surface area contributed by atoms with Crippen molar-refractivity contribution in [1.82, 2.24) is 18.5 Å². The van der Waals surface area contributed by atoms with E-state index in [2.05, 4.69) is 4.98 Å². The van der Waals surface area contributed by atoms with Gasteiger partial charge in [-0.1, -0.05) is 29.3 Å². The molecule has 0 amide bonds. The summed E-state index contributed by atoms with van der Waals surface area (Å²) in [5.74, 6) is 0.889. The Labute approximate surface area is 150 Å². The number of imidazole rings is 1. The van der Waals surface area contributed by atoms with Gasteiger partial charge in [0.05, 0.1) is 22.8 Å². The molecule has 0 fully saturated rings. The molecule has 0 saturated carbocycles. The predicted octanol–water partition coefficient (Wildman–Crippen LogP) is 2.60. The van der Waals surface area contributed by atoms with E-state index in [4.69, 9.17) is 27.6 Å². The van der Waals surface area contributed by atoms with Gasteiger partial charge in [0.1, 0.15) is 5.76 Å². The van der Waals surface area contributed by atoms with E-state index in [1.165, 1.54) is 4.57 Å². The molecule has 128 valence electrons. The first kappa shape index (κ1) is 16.0. The fraction of sp³-hybridized carbons (Fsp3) is 0.188. The van der Waals surface area contributed by atoms with E-state index in [1.807, 2.05) is 0 Å². The van der Waals surface area contributed by atoms with Crippen LogP contribution in [0.1, 0.15) is 11.3 Å². The zero-order valence-corrected chi connectivity index (χ0v) is 14.8. The summed E-state index contributed by atoms with van der Waals surface area (Å²) in [5, 5.41) is 0.773. The van der Waals surface area contributed by atoms with Crippen molar-refractivity contribution >= 4 is 40.2 Å². The molecule has 0 bridgehead atoms. The summed E-state index contributed by atoms with van der Waals surface area (Å²) in [6.45, 7) is 1.83. The second kappa shape index (κ2) is 5.50. The highest BCUT2D eigenvalue weighted by molar-refractivity contribution is 6.42. The monoisotopic (exact) mass is 378 g/mol. The topological polar surface area (TPSA) is 74.4 Å². The molecule has 0 radical (unpaired) electrons. The first-order valence-electron chi connectivity index (χ1n) is 7.39. The number of oxazole rings is 1. The van der Waals surface area contributed by atoms with E-state index in [0.717, 1.165) is 4.57 Å². The van der Waals surface area contributed by atoms with Gasteiger partial charge in [-0.15, -0.1) is 0 Å².